The number of ether oxygens (including phenoxy) is 2. The summed E-state index contributed by atoms with van der Waals surface area (Å²) in [6.07, 6.45) is -0.192. The molecular formula is C14H19NO4. The van der Waals surface area contributed by atoms with E-state index >= 15 is 0 Å². The third-order valence-electron chi connectivity index (χ3n) is 2.55. The van der Waals surface area contributed by atoms with Gasteiger partial charge in [0.15, 0.2) is 5.78 Å². The minimum Gasteiger partial charge on any atom is -0.497 e. The zero-order chi connectivity index (χ0) is 14.3. The van der Waals surface area contributed by atoms with E-state index in [1.54, 1.807) is 26.0 Å². The van der Waals surface area contributed by atoms with Gasteiger partial charge < -0.3 is 14.4 Å². The van der Waals surface area contributed by atoms with Crippen molar-refractivity contribution in [2.45, 2.75) is 13.3 Å². The van der Waals surface area contributed by atoms with Crippen LogP contribution >= 0.6 is 0 Å². The van der Waals surface area contributed by atoms with Gasteiger partial charge in [-0.25, -0.2) is 0 Å². The topological polar surface area (TPSA) is 55.8 Å². The summed E-state index contributed by atoms with van der Waals surface area (Å²) in [7, 11) is 3.38. The Morgan fingerprint density at radius 3 is 2.68 bits per heavy atom. The fraction of sp³-hybridized carbons (Fsp3) is 0.429. The number of ketones is 1. The predicted octanol–water partition coefficient (Wildman–Crippen LogP) is 1.65. The smallest absolute Gasteiger partial charge is 0.313 e. The second-order valence-electron chi connectivity index (χ2n) is 4.08. The molecule has 0 aliphatic rings. The molecule has 0 atom stereocenters. The number of esters is 1. The highest BCUT2D eigenvalue weighted by Crippen LogP contribution is 2.19. The van der Waals surface area contributed by atoms with Crippen LogP contribution in [0.2, 0.25) is 0 Å². The van der Waals surface area contributed by atoms with Crippen molar-refractivity contribution in [3.63, 3.8) is 0 Å². The van der Waals surface area contributed by atoms with E-state index < -0.39 is 5.97 Å². The molecule has 19 heavy (non-hydrogen) atoms. The Bertz CT molecular complexity index is 445. The third kappa shape index (κ3) is 4.99. The molecule has 0 saturated heterocycles. The Labute approximate surface area is 113 Å². The van der Waals surface area contributed by atoms with Gasteiger partial charge in [-0.1, -0.05) is 6.07 Å². The molecule has 0 spiro atoms. The number of methoxy groups -OCH3 is 1. The van der Waals surface area contributed by atoms with E-state index in [1.807, 2.05) is 24.3 Å². The summed E-state index contributed by atoms with van der Waals surface area (Å²) >= 11 is 0. The zero-order valence-corrected chi connectivity index (χ0v) is 11.5. The minimum absolute atomic E-state index is 0.159. The molecule has 5 heteroatoms. The number of benzene rings is 1. The molecule has 0 unspecified atom stereocenters. The molecule has 1 aromatic carbocycles. The highest BCUT2D eigenvalue weighted by Gasteiger charge is 2.13. The molecule has 5 nitrogen and oxygen atoms in total. The molecule has 0 aliphatic heterocycles. The minimum atomic E-state index is -0.480. The van der Waals surface area contributed by atoms with E-state index in [2.05, 4.69) is 0 Å². The molecule has 0 fully saturated rings. The first kappa shape index (κ1) is 15.0. The lowest BCUT2D eigenvalue weighted by atomic mass is 10.2. The summed E-state index contributed by atoms with van der Waals surface area (Å²) in [5.74, 6) is 0.0671. The molecule has 0 aliphatic carbocycles. The fourth-order valence-corrected chi connectivity index (χ4v) is 1.63. The average Bonchev–Trinajstić information content (AvgIpc) is 2.38. The van der Waals surface area contributed by atoms with Crippen molar-refractivity contribution in [2.24, 2.45) is 0 Å². The van der Waals surface area contributed by atoms with Gasteiger partial charge in [-0.2, -0.15) is 0 Å². The lowest BCUT2D eigenvalue weighted by Gasteiger charge is -2.18. The number of hydrogen-bond donors (Lipinski definition) is 0. The van der Waals surface area contributed by atoms with E-state index in [0.29, 0.717) is 0 Å². The Morgan fingerprint density at radius 1 is 1.32 bits per heavy atom. The van der Waals surface area contributed by atoms with Crippen molar-refractivity contribution in [1.82, 2.24) is 0 Å². The van der Waals surface area contributed by atoms with Crippen molar-refractivity contribution in [3.8, 4) is 5.75 Å². The molecule has 104 valence electrons. The number of nitrogens with zero attached hydrogens (tertiary/aromatic N) is 1. The van der Waals surface area contributed by atoms with Crippen LogP contribution in [0.1, 0.15) is 13.3 Å². The van der Waals surface area contributed by atoms with Gasteiger partial charge in [0.2, 0.25) is 0 Å². The predicted molar refractivity (Wildman–Crippen MR) is 72.5 cm³/mol. The fourth-order valence-electron chi connectivity index (χ4n) is 1.63. The average molecular weight is 265 g/mol. The normalized spacial score (nSPS) is 9.84. The highest BCUT2D eigenvalue weighted by atomic mass is 16.5. The van der Waals surface area contributed by atoms with Gasteiger partial charge in [-0.05, 0) is 19.1 Å². The second-order valence-corrected chi connectivity index (χ2v) is 4.08. The van der Waals surface area contributed by atoms with E-state index in [0.717, 1.165) is 11.4 Å². The molecule has 0 aromatic heterocycles. The Hall–Kier alpha value is -2.04. The Morgan fingerprint density at radius 2 is 2.05 bits per heavy atom. The van der Waals surface area contributed by atoms with Crippen LogP contribution in [0, 0.1) is 0 Å². The van der Waals surface area contributed by atoms with Crippen molar-refractivity contribution >= 4 is 17.4 Å². The maximum absolute atomic E-state index is 11.7. The number of likely N-dealkylation sites (N-methyl/N-ethyl adjacent to an activating group) is 1. The first-order valence-electron chi connectivity index (χ1n) is 6.09. The maximum atomic E-state index is 11.7. The molecule has 0 amide bonds. The van der Waals surface area contributed by atoms with E-state index in [-0.39, 0.29) is 25.4 Å². The van der Waals surface area contributed by atoms with Crippen LogP contribution in [0.25, 0.3) is 0 Å². The molecule has 0 radical (unpaired) electrons. The molecule has 0 saturated carbocycles. The lowest BCUT2D eigenvalue weighted by Crippen LogP contribution is -2.27. The summed E-state index contributed by atoms with van der Waals surface area (Å²) in [4.78, 5) is 24.7. The second kappa shape index (κ2) is 7.41. The monoisotopic (exact) mass is 265 g/mol. The van der Waals surface area contributed by atoms with E-state index in [1.165, 1.54) is 0 Å². The first-order valence-corrected chi connectivity index (χ1v) is 6.09. The zero-order valence-electron chi connectivity index (χ0n) is 11.5. The summed E-state index contributed by atoms with van der Waals surface area (Å²) in [6.45, 7) is 2.16. The van der Waals surface area contributed by atoms with Crippen molar-refractivity contribution in [3.05, 3.63) is 24.3 Å². The summed E-state index contributed by atoms with van der Waals surface area (Å²) in [6, 6.07) is 7.38. The van der Waals surface area contributed by atoms with Crippen LogP contribution in [0.3, 0.4) is 0 Å². The highest BCUT2D eigenvalue weighted by molar-refractivity contribution is 5.97. The molecule has 1 rings (SSSR count). The van der Waals surface area contributed by atoms with E-state index in [4.69, 9.17) is 9.47 Å². The van der Waals surface area contributed by atoms with Gasteiger partial charge in [0.25, 0.3) is 0 Å². The van der Waals surface area contributed by atoms with Gasteiger partial charge in [-0.15, -0.1) is 0 Å². The van der Waals surface area contributed by atoms with Crippen LogP contribution in [-0.4, -0.2) is 39.1 Å². The first-order chi connectivity index (χ1) is 9.06. The Balaban J connectivity index is 2.56. The Kier molecular flexibility index (Phi) is 5.85. The standard InChI is InChI=1S/C14H19NO4/c1-4-19-14(17)9-12(16)10-15(2)11-6-5-7-13(8-11)18-3/h5-8H,4,9-10H2,1-3H3. The van der Waals surface area contributed by atoms with Gasteiger partial charge in [0.05, 0.1) is 20.3 Å². The SMILES string of the molecule is CCOC(=O)CC(=O)CN(C)c1cccc(OC)c1. The molecule has 0 bridgehead atoms. The quantitative estimate of drug-likeness (QED) is 0.554. The van der Waals surface area contributed by atoms with Crippen molar-refractivity contribution < 1.29 is 19.1 Å². The van der Waals surface area contributed by atoms with E-state index in [9.17, 15) is 9.59 Å². The number of hydrogen-bond acceptors (Lipinski definition) is 5. The molecule has 0 heterocycles. The number of Topliss-reactive ketones (excluding diaryl/α,β-unsaturated/α-hetero) is 1. The number of carbonyl (C=O) groups excluding carboxylic acids is 2. The van der Waals surface area contributed by atoms with Gasteiger partial charge in [-0.3, -0.25) is 9.59 Å². The molecule has 0 N–H and O–H groups in total. The third-order valence-corrected chi connectivity index (χ3v) is 2.55. The summed E-state index contributed by atoms with van der Waals surface area (Å²) in [5, 5.41) is 0. The number of carbonyl (C=O) groups is 2. The lowest BCUT2D eigenvalue weighted by molar-refractivity contribution is -0.145. The van der Waals surface area contributed by atoms with Crippen molar-refractivity contribution in [2.75, 3.05) is 32.2 Å². The summed E-state index contributed by atoms with van der Waals surface area (Å²) in [5.41, 5.74) is 0.858. The van der Waals surface area contributed by atoms with Crippen LogP contribution in [-0.2, 0) is 14.3 Å². The molecule has 1 aromatic rings. The number of rotatable bonds is 7. The maximum Gasteiger partial charge on any atom is 0.313 e. The van der Waals surface area contributed by atoms with Crippen molar-refractivity contribution in [1.29, 1.82) is 0 Å². The summed E-state index contributed by atoms with van der Waals surface area (Å²) < 4.78 is 9.86. The van der Waals surface area contributed by atoms with Crippen LogP contribution in [0.4, 0.5) is 5.69 Å². The van der Waals surface area contributed by atoms with Crippen LogP contribution in [0.5, 0.6) is 5.75 Å². The van der Waals surface area contributed by atoms with Gasteiger partial charge in [0, 0.05) is 18.8 Å². The molecular weight excluding hydrogens is 246 g/mol. The largest absolute Gasteiger partial charge is 0.497 e. The van der Waals surface area contributed by atoms with Gasteiger partial charge >= 0.3 is 5.97 Å². The van der Waals surface area contributed by atoms with Crippen LogP contribution in [0.15, 0.2) is 24.3 Å². The number of anilines is 1. The van der Waals surface area contributed by atoms with Crippen LogP contribution < -0.4 is 9.64 Å². The van der Waals surface area contributed by atoms with Gasteiger partial charge in [0.1, 0.15) is 12.2 Å².